The molecule has 37 heavy (non-hydrogen) atoms. The Morgan fingerprint density at radius 2 is 1.27 bits per heavy atom. The number of nitro benzene ring substituents is 1. The lowest BCUT2D eigenvalue weighted by Gasteiger charge is -2.08. The highest BCUT2D eigenvalue weighted by atomic mass is 16.6. The van der Waals surface area contributed by atoms with Crippen LogP contribution in [0.3, 0.4) is 0 Å². The SMILES string of the molecule is O=C(Nc1ccc(-c2nc3ccccc3[nH]2)cc1)Nc1ccc(-c2nc3c([N+](=O)[O-])cccc3[nH]2)cc1. The molecule has 6 rings (SSSR count). The molecule has 0 saturated heterocycles. The number of anilines is 2. The quantitative estimate of drug-likeness (QED) is 0.165. The fraction of sp³-hybridized carbons (Fsp3) is 0. The summed E-state index contributed by atoms with van der Waals surface area (Å²) in [4.78, 5) is 38.7. The molecule has 10 nitrogen and oxygen atoms in total. The first kappa shape index (κ1) is 22.0. The standard InChI is InChI=1S/C27H19N7O3/c35-27(28-18-12-8-16(9-13-18)25-30-20-4-1-2-5-21(20)31-25)29-19-14-10-17(11-15-19)26-32-22-6-3-7-23(34(36)37)24(22)33-26/h1-15H,(H,30,31)(H,32,33)(H2,28,29,35). The number of non-ortho nitro benzene ring substituents is 1. The van der Waals surface area contributed by atoms with Crippen molar-refractivity contribution < 1.29 is 9.72 Å². The van der Waals surface area contributed by atoms with Gasteiger partial charge in [0.05, 0.1) is 21.5 Å². The Labute approximate surface area is 209 Å². The van der Waals surface area contributed by atoms with Crippen molar-refractivity contribution in [2.45, 2.75) is 0 Å². The molecule has 0 radical (unpaired) electrons. The minimum Gasteiger partial charge on any atom is -0.338 e. The number of fused-ring (bicyclic) bond motifs is 2. The van der Waals surface area contributed by atoms with Gasteiger partial charge in [-0.3, -0.25) is 10.1 Å². The number of rotatable bonds is 5. The minimum atomic E-state index is -0.453. The summed E-state index contributed by atoms with van der Waals surface area (Å²) in [5, 5.41) is 16.9. The van der Waals surface area contributed by atoms with E-state index in [-0.39, 0.29) is 11.7 Å². The molecule has 2 heterocycles. The number of hydrogen-bond acceptors (Lipinski definition) is 5. The van der Waals surface area contributed by atoms with E-state index >= 15 is 0 Å². The van der Waals surface area contributed by atoms with Crippen molar-refractivity contribution in [3.8, 4) is 22.8 Å². The molecule has 2 aromatic heterocycles. The van der Waals surface area contributed by atoms with Gasteiger partial charge in [-0.15, -0.1) is 0 Å². The highest BCUT2D eigenvalue weighted by Gasteiger charge is 2.16. The van der Waals surface area contributed by atoms with Gasteiger partial charge in [-0.1, -0.05) is 18.2 Å². The predicted molar refractivity (Wildman–Crippen MR) is 142 cm³/mol. The summed E-state index contributed by atoms with van der Waals surface area (Å²) < 4.78 is 0. The average Bonchev–Trinajstić information content (AvgIpc) is 3.54. The van der Waals surface area contributed by atoms with Gasteiger partial charge in [-0.05, 0) is 66.7 Å². The summed E-state index contributed by atoms with van der Waals surface area (Å²) >= 11 is 0. The van der Waals surface area contributed by atoms with Crippen LogP contribution < -0.4 is 10.6 Å². The Balaban J connectivity index is 1.12. The molecule has 2 amide bonds. The fourth-order valence-corrected chi connectivity index (χ4v) is 4.11. The molecule has 4 aromatic carbocycles. The maximum absolute atomic E-state index is 12.5. The van der Waals surface area contributed by atoms with Crippen molar-refractivity contribution in [3.63, 3.8) is 0 Å². The average molecular weight is 489 g/mol. The van der Waals surface area contributed by atoms with E-state index in [1.165, 1.54) is 6.07 Å². The molecule has 0 aliphatic carbocycles. The number of nitro groups is 1. The van der Waals surface area contributed by atoms with E-state index in [0.717, 1.165) is 28.0 Å². The van der Waals surface area contributed by atoms with E-state index in [9.17, 15) is 14.9 Å². The second-order valence-corrected chi connectivity index (χ2v) is 8.35. The number of amides is 2. The van der Waals surface area contributed by atoms with E-state index in [1.807, 2.05) is 48.5 Å². The Morgan fingerprint density at radius 1 is 0.703 bits per heavy atom. The molecular weight excluding hydrogens is 470 g/mol. The van der Waals surface area contributed by atoms with Crippen LogP contribution in [0.25, 0.3) is 44.8 Å². The Bertz CT molecular complexity index is 1740. The van der Waals surface area contributed by atoms with Crippen LogP contribution in [-0.2, 0) is 0 Å². The third kappa shape index (κ3) is 4.34. The summed E-state index contributed by atoms with van der Waals surface area (Å²) in [6.45, 7) is 0. The van der Waals surface area contributed by atoms with Crippen molar-refractivity contribution in [2.75, 3.05) is 10.6 Å². The second kappa shape index (κ2) is 8.93. The zero-order chi connectivity index (χ0) is 25.4. The number of hydrogen-bond donors (Lipinski definition) is 4. The number of nitrogens with one attached hydrogen (secondary N) is 4. The Morgan fingerprint density at radius 3 is 1.89 bits per heavy atom. The largest absolute Gasteiger partial charge is 0.338 e. The Kier molecular flexibility index (Phi) is 5.31. The summed E-state index contributed by atoms with van der Waals surface area (Å²) in [6, 6.07) is 26.6. The fourth-order valence-electron chi connectivity index (χ4n) is 4.11. The zero-order valence-electron chi connectivity index (χ0n) is 19.2. The van der Waals surface area contributed by atoms with Crippen molar-refractivity contribution in [1.82, 2.24) is 19.9 Å². The second-order valence-electron chi connectivity index (χ2n) is 8.35. The number of para-hydroxylation sites is 3. The van der Waals surface area contributed by atoms with Gasteiger partial charge in [0, 0.05) is 28.6 Å². The van der Waals surface area contributed by atoms with E-state index in [2.05, 4.69) is 30.6 Å². The van der Waals surface area contributed by atoms with Gasteiger partial charge < -0.3 is 20.6 Å². The first-order chi connectivity index (χ1) is 18.0. The number of aromatic nitrogens is 4. The van der Waals surface area contributed by atoms with Crippen LogP contribution in [0, 0.1) is 10.1 Å². The highest BCUT2D eigenvalue weighted by Crippen LogP contribution is 2.28. The van der Waals surface area contributed by atoms with Crippen LogP contribution in [0.2, 0.25) is 0 Å². The van der Waals surface area contributed by atoms with Gasteiger partial charge in [0.25, 0.3) is 5.69 Å². The van der Waals surface area contributed by atoms with Gasteiger partial charge in [0.2, 0.25) is 0 Å². The number of benzene rings is 4. The third-order valence-corrected chi connectivity index (χ3v) is 5.91. The molecule has 6 aromatic rings. The van der Waals surface area contributed by atoms with Crippen LogP contribution in [0.15, 0.2) is 91.0 Å². The maximum Gasteiger partial charge on any atom is 0.323 e. The molecule has 0 bridgehead atoms. The van der Waals surface area contributed by atoms with Crippen LogP contribution in [0.1, 0.15) is 0 Å². The van der Waals surface area contributed by atoms with E-state index in [0.29, 0.717) is 28.2 Å². The van der Waals surface area contributed by atoms with Gasteiger partial charge in [0.1, 0.15) is 11.6 Å². The molecule has 0 aliphatic rings. The number of urea groups is 1. The van der Waals surface area contributed by atoms with Crippen molar-refractivity contribution in [1.29, 1.82) is 0 Å². The van der Waals surface area contributed by atoms with Crippen LogP contribution >= 0.6 is 0 Å². The number of carbonyl (C=O) groups is 1. The smallest absolute Gasteiger partial charge is 0.323 e. The number of H-pyrrole nitrogens is 2. The van der Waals surface area contributed by atoms with E-state index in [1.54, 1.807) is 36.4 Å². The molecule has 0 aliphatic heterocycles. The number of carbonyl (C=O) groups excluding carboxylic acids is 1. The lowest BCUT2D eigenvalue weighted by molar-refractivity contribution is -0.383. The normalized spacial score (nSPS) is 11.0. The highest BCUT2D eigenvalue weighted by molar-refractivity contribution is 6.00. The van der Waals surface area contributed by atoms with E-state index < -0.39 is 4.92 Å². The number of aromatic amines is 2. The lowest BCUT2D eigenvalue weighted by Crippen LogP contribution is -2.19. The molecule has 0 spiro atoms. The predicted octanol–water partition coefficient (Wildman–Crippen LogP) is 6.33. The van der Waals surface area contributed by atoms with E-state index in [4.69, 9.17) is 0 Å². The van der Waals surface area contributed by atoms with Gasteiger partial charge in [-0.25, -0.2) is 14.8 Å². The molecule has 0 fully saturated rings. The Hall–Kier alpha value is -5.51. The van der Waals surface area contributed by atoms with Gasteiger partial charge >= 0.3 is 6.03 Å². The molecular formula is C27H19N7O3. The third-order valence-electron chi connectivity index (χ3n) is 5.91. The molecule has 0 atom stereocenters. The molecule has 10 heteroatoms. The van der Waals surface area contributed by atoms with Crippen molar-refractivity contribution in [2.24, 2.45) is 0 Å². The van der Waals surface area contributed by atoms with Crippen molar-refractivity contribution in [3.05, 3.63) is 101 Å². The monoisotopic (exact) mass is 489 g/mol. The molecule has 0 saturated carbocycles. The van der Waals surface area contributed by atoms with Gasteiger partial charge in [0.15, 0.2) is 5.52 Å². The molecule has 0 unspecified atom stereocenters. The summed E-state index contributed by atoms with van der Waals surface area (Å²) in [6.07, 6.45) is 0. The van der Waals surface area contributed by atoms with Crippen LogP contribution in [0.5, 0.6) is 0 Å². The lowest BCUT2D eigenvalue weighted by atomic mass is 10.2. The first-order valence-electron chi connectivity index (χ1n) is 11.4. The van der Waals surface area contributed by atoms with Crippen molar-refractivity contribution >= 4 is 45.2 Å². The molecule has 180 valence electrons. The minimum absolute atomic E-state index is 0.0550. The topological polar surface area (TPSA) is 142 Å². The summed E-state index contributed by atoms with van der Waals surface area (Å²) in [5.41, 5.74) is 5.55. The summed E-state index contributed by atoms with van der Waals surface area (Å²) in [7, 11) is 0. The van der Waals surface area contributed by atoms with Crippen LogP contribution in [0.4, 0.5) is 21.9 Å². The molecule has 4 N–H and O–H groups in total. The van der Waals surface area contributed by atoms with Gasteiger partial charge in [-0.2, -0.15) is 0 Å². The summed E-state index contributed by atoms with van der Waals surface area (Å²) in [5.74, 6) is 1.26. The number of nitrogens with zero attached hydrogens (tertiary/aromatic N) is 3. The first-order valence-corrected chi connectivity index (χ1v) is 11.4. The zero-order valence-corrected chi connectivity index (χ0v) is 19.2. The maximum atomic E-state index is 12.5. The number of imidazole rings is 2. The van der Waals surface area contributed by atoms with Crippen LogP contribution in [-0.4, -0.2) is 30.9 Å².